The molecule has 2 aliphatic rings. The summed E-state index contributed by atoms with van der Waals surface area (Å²) in [5.74, 6) is 0.706. The predicted octanol–water partition coefficient (Wildman–Crippen LogP) is 1.63. The summed E-state index contributed by atoms with van der Waals surface area (Å²) in [5, 5.41) is 7.90. The molecule has 1 saturated heterocycles. The molecule has 0 unspecified atom stereocenters. The highest BCUT2D eigenvalue weighted by molar-refractivity contribution is 5.79. The Morgan fingerprint density at radius 2 is 1.83 bits per heavy atom. The summed E-state index contributed by atoms with van der Waals surface area (Å²) in [6, 6.07) is 0.417. The Labute approximate surface area is 107 Å². The molecular weight excluding hydrogens is 228 g/mol. The number of piperidine rings is 1. The molecule has 0 bridgehead atoms. The second-order valence-electron chi connectivity index (χ2n) is 5.42. The van der Waals surface area contributed by atoms with Crippen molar-refractivity contribution in [1.82, 2.24) is 19.9 Å². The summed E-state index contributed by atoms with van der Waals surface area (Å²) in [5.41, 5.74) is 0. The molecule has 5 nitrogen and oxygen atoms in total. The van der Waals surface area contributed by atoms with Crippen molar-refractivity contribution in [2.45, 2.75) is 44.6 Å². The third-order valence-electron chi connectivity index (χ3n) is 4.30. The summed E-state index contributed by atoms with van der Waals surface area (Å²) in [6.45, 7) is 1.75. The van der Waals surface area contributed by atoms with Gasteiger partial charge in [-0.15, -0.1) is 5.10 Å². The van der Waals surface area contributed by atoms with E-state index in [4.69, 9.17) is 0 Å². The highest BCUT2D eigenvalue weighted by Crippen LogP contribution is 2.29. The van der Waals surface area contributed by atoms with Crippen LogP contribution in [0.5, 0.6) is 0 Å². The smallest absolute Gasteiger partial charge is 0.225 e. The van der Waals surface area contributed by atoms with Gasteiger partial charge in [0.05, 0.1) is 12.2 Å². The number of hydrogen-bond acceptors (Lipinski definition) is 3. The number of nitrogens with zero attached hydrogens (tertiary/aromatic N) is 4. The van der Waals surface area contributed by atoms with Crippen LogP contribution in [0.3, 0.4) is 0 Å². The highest BCUT2D eigenvalue weighted by atomic mass is 16.2. The number of likely N-dealkylation sites (tertiary alicyclic amines) is 1. The lowest BCUT2D eigenvalue weighted by molar-refractivity contribution is -0.136. The van der Waals surface area contributed by atoms with Gasteiger partial charge in [0.2, 0.25) is 5.91 Å². The predicted molar refractivity (Wildman–Crippen MR) is 66.8 cm³/mol. The van der Waals surface area contributed by atoms with Crippen molar-refractivity contribution in [2.24, 2.45) is 5.92 Å². The molecule has 1 aliphatic carbocycles. The van der Waals surface area contributed by atoms with Gasteiger partial charge in [0.15, 0.2) is 0 Å². The molecule has 2 heterocycles. The van der Waals surface area contributed by atoms with Crippen molar-refractivity contribution < 1.29 is 4.79 Å². The first kappa shape index (κ1) is 11.7. The van der Waals surface area contributed by atoms with Gasteiger partial charge in [0.1, 0.15) is 0 Å². The average Bonchev–Trinajstić information content (AvgIpc) is 3.11. The van der Waals surface area contributed by atoms with Gasteiger partial charge >= 0.3 is 0 Å². The van der Waals surface area contributed by atoms with E-state index in [9.17, 15) is 4.79 Å². The summed E-state index contributed by atoms with van der Waals surface area (Å²) in [7, 11) is 0. The van der Waals surface area contributed by atoms with Gasteiger partial charge in [-0.25, -0.2) is 4.68 Å². The number of carbonyl (C=O) groups excluding carboxylic acids is 1. The number of carbonyl (C=O) groups is 1. The Kier molecular flexibility index (Phi) is 3.30. The second kappa shape index (κ2) is 5.08. The molecule has 0 atom stereocenters. The standard InChI is InChI=1S/C13H20N4O/c18-13(11-3-1-2-4-11)16-8-5-12(6-9-16)17-10-7-14-15-17/h7,10-12H,1-6,8-9H2. The van der Waals surface area contributed by atoms with Crippen LogP contribution in [0.15, 0.2) is 12.4 Å². The summed E-state index contributed by atoms with van der Waals surface area (Å²) in [6.07, 6.45) is 10.3. The van der Waals surface area contributed by atoms with E-state index in [-0.39, 0.29) is 0 Å². The van der Waals surface area contributed by atoms with E-state index in [1.807, 2.05) is 10.9 Å². The first-order valence-electron chi connectivity index (χ1n) is 6.99. The van der Waals surface area contributed by atoms with Crippen LogP contribution >= 0.6 is 0 Å². The molecule has 1 amide bonds. The molecule has 2 fully saturated rings. The minimum atomic E-state index is 0.313. The fourth-order valence-corrected chi connectivity index (χ4v) is 3.19. The molecule has 0 radical (unpaired) electrons. The fourth-order valence-electron chi connectivity index (χ4n) is 3.19. The number of rotatable bonds is 2. The van der Waals surface area contributed by atoms with Gasteiger partial charge in [-0.1, -0.05) is 18.1 Å². The highest BCUT2D eigenvalue weighted by Gasteiger charge is 2.30. The molecule has 0 aromatic carbocycles. The number of aromatic nitrogens is 3. The third-order valence-corrected chi connectivity index (χ3v) is 4.30. The van der Waals surface area contributed by atoms with E-state index in [1.54, 1.807) is 6.20 Å². The average molecular weight is 248 g/mol. The largest absolute Gasteiger partial charge is 0.342 e. The van der Waals surface area contributed by atoms with E-state index in [1.165, 1.54) is 12.8 Å². The fraction of sp³-hybridized carbons (Fsp3) is 0.769. The molecule has 1 aliphatic heterocycles. The van der Waals surface area contributed by atoms with Crippen LogP contribution in [-0.4, -0.2) is 38.9 Å². The number of amides is 1. The zero-order valence-electron chi connectivity index (χ0n) is 10.7. The molecule has 1 aromatic heterocycles. The van der Waals surface area contributed by atoms with E-state index in [0.717, 1.165) is 38.8 Å². The van der Waals surface area contributed by atoms with Crippen molar-refractivity contribution >= 4 is 5.91 Å². The zero-order chi connectivity index (χ0) is 12.4. The van der Waals surface area contributed by atoms with Crippen LogP contribution in [0.1, 0.15) is 44.6 Å². The number of hydrogen-bond donors (Lipinski definition) is 0. The topological polar surface area (TPSA) is 51.0 Å². The van der Waals surface area contributed by atoms with Crippen LogP contribution in [0.4, 0.5) is 0 Å². The second-order valence-corrected chi connectivity index (χ2v) is 5.42. The van der Waals surface area contributed by atoms with E-state index >= 15 is 0 Å². The molecule has 98 valence electrons. The van der Waals surface area contributed by atoms with Crippen molar-refractivity contribution in [3.63, 3.8) is 0 Å². The lowest BCUT2D eigenvalue weighted by atomic mass is 10.0. The molecule has 18 heavy (non-hydrogen) atoms. The van der Waals surface area contributed by atoms with Crippen molar-refractivity contribution in [2.75, 3.05) is 13.1 Å². The van der Waals surface area contributed by atoms with E-state index in [0.29, 0.717) is 17.9 Å². The molecule has 0 N–H and O–H groups in total. The van der Waals surface area contributed by atoms with Gasteiger partial charge in [-0.05, 0) is 25.7 Å². The van der Waals surface area contributed by atoms with Crippen LogP contribution in [0.2, 0.25) is 0 Å². The minimum Gasteiger partial charge on any atom is -0.342 e. The molecular formula is C13H20N4O. The van der Waals surface area contributed by atoms with Crippen LogP contribution in [0, 0.1) is 5.92 Å². The van der Waals surface area contributed by atoms with Crippen LogP contribution in [-0.2, 0) is 4.79 Å². The monoisotopic (exact) mass is 248 g/mol. The van der Waals surface area contributed by atoms with Crippen molar-refractivity contribution in [3.8, 4) is 0 Å². The third kappa shape index (κ3) is 2.26. The SMILES string of the molecule is O=C(C1CCCC1)N1CCC(n2ccnn2)CC1. The van der Waals surface area contributed by atoms with Crippen LogP contribution < -0.4 is 0 Å². The van der Waals surface area contributed by atoms with Gasteiger partial charge in [0, 0.05) is 25.2 Å². The minimum absolute atomic E-state index is 0.313. The van der Waals surface area contributed by atoms with E-state index < -0.39 is 0 Å². The van der Waals surface area contributed by atoms with E-state index in [2.05, 4.69) is 15.2 Å². The molecule has 1 saturated carbocycles. The summed E-state index contributed by atoms with van der Waals surface area (Å²) in [4.78, 5) is 14.3. The molecule has 1 aromatic rings. The zero-order valence-corrected chi connectivity index (χ0v) is 10.7. The normalized spacial score (nSPS) is 22.6. The maximum absolute atomic E-state index is 12.3. The Balaban J connectivity index is 1.55. The van der Waals surface area contributed by atoms with Crippen molar-refractivity contribution in [1.29, 1.82) is 0 Å². The molecule has 3 rings (SSSR count). The van der Waals surface area contributed by atoms with Gasteiger partial charge in [0.25, 0.3) is 0 Å². The summed E-state index contributed by atoms with van der Waals surface area (Å²) < 4.78 is 1.93. The van der Waals surface area contributed by atoms with Gasteiger partial charge < -0.3 is 4.90 Å². The maximum Gasteiger partial charge on any atom is 0.225 e. The summed E-state index contributed by atoms with van der Waals surface area (Å²) >= 11 is 0. The molecule has 0 spiro atoms. The van der Waals surface area contributed by atoms with Crippen molar-refractivity contribution in [3.05, 3.63) is 12.4 Å². The maximum atomic E-state index is 12.3. The first-order chi connectivity index (χ1) is 8.84. The van der Waals surface area contributed by atoms with Gasteiger partial charge in [-0.2, -0.15) is 0 Å². The Morgan fingerprint density at radius 1 is 1.11 bits per heavy atom. The molecule has 5 heteroatoms. The Morgan fingerprint density at radius 3 is 2.44 bits per heavy atom. The quantitative estimate of drug-likeness (QED) is 0.799. The van der Waals surface area contributed by atoms with Gasteiger partial charge in [-0.3, -0.25) is 4.79 Å². The Hall–Kier alpha value is -1.39. The van der Waals surface area contributed by atoms with Crippen LogP contribution in [0.25, 0.3) is 0 Å². The first-order valence-corrected chi connectivity index (χ1v) is 6.99. The lowest BCUT2D eigenvalue weighted by Crippen LogP contribution is -2.41. The lowest BCUT2D eigenvalue weighted by Gasteiger charge is -2.33. The Bertz CT molecular complexity index is 389.